The predicted molar refractivity (Wildman–Crippen MR) is 72.1 cm³/mol. The van der Waals surface area contributed by atoms with Gasteiger partial charge in [0.2, 0.25) is 0 Å². The van der Waals surface area contributed by atoms with Crippen molar-refractivity contribution in [3.05, 3.63) is 59.7 Å². The number of hydrogen-bond donors (Lipinski definition) is 1. The van der Waals surface area contributed by atoms with Crippen LogP contribution >= 0.6 is 0 Å². The summed E-state index contributed by atoms with van der Waals surface area (Å²) in [6, 6.07) is 15.4. The zero-order valence-electron chi connectivity index (χ0n) is 9.72. The van der Waals surface area contributed by atoms with Gasteiger partial charge in [-0.3, -0.25) is 4.21 Å². The molecular formula is C14H15NOS. The second-order valence-corrected chi connectivity index (χ2v) is 5.44. The second kappa shape index (κ2) is 5.15. The van der Waals surface area contributed by atoms with Gasteiger partial charge in [0.1, 0.15) is 0 Å². The first-order valence-corrected chi connectivity index (χ1v) is 6.77. The SMILES string of the molecule is Cc1cccc(CS(=O)c2ccccc2N)c1. The van der Waals surface area contributed by atoms with Gasteiger partial charge >= 0.3 is 0 Å². The third-order valence-electron chi connectivity index (χ3n) is 2.54. The summed E-state index contributed by atoms with van der Waals surface area (Å²) >= 11 is 0. The van der Waals surface area contributed by atoms with E-state index in [0.29, 0.717) is 16.3 Å². The fourth-order valence-electron chi connectivity index (χ4n) is 1.72. The highest BCUT2D eigenvalue weighted by molar-refractivity contribution is 7.84. The molecule has 0 aliphatic heterocycles. The zero-order chi connectivity index (χ0) is 12.3. The molecular weight excluding hydrogens is 230 g/mol. The molecule has 0 aliphatic carbocycles. The van der Waals surface area contributed by atoms with Crippen LogP contribution in [0, 0.1) is 6.92 Å². The van der Waals surface area contributed by atoms with Gasteiger partial charge in [0.25, 0.3) is 0 Å². The molecule has 2 rings (SSSR count). The minimum absolute atomic E-state index is 0.510. The molecule has 0 radical (unpaired) electrons. The molecule has 0 saturated carbocycles. The molecule has 3 heteroatoms. The molecule has 0 amide bonds. The molecule has 2 aromatic rings. The topological polar surface area (TPSA) is 43.1 Å². The normalized spacial score (nSPS) is 12.3. The number of nitrogens with two attached hydrogens (primary N) is 1. The van der Waals surface area contributed by atoms with Crippen LogP contribution in [0.3, 0.4) is 0 Å². The van der Waals surface area contributed by atoms with Crippen molar-refractivity contribution >= 4 is 16.5 Å². The van der Waals surface area contributed by atoms with Crippen molar-refractivity contribution in [1.29, 1.82) is 0 Å². The molecule has 0 saturated heterocycles. The highest BCUT2D eigenvalue weighted by atomic mass is 32.2. The Hall–Kier alpha value is -1.61. The Morgan fingerprint density at radius 2 is 1.88 bits per heavy atom. The van der Waals surface area contributed by atoms with Gasteiger partial charge in [-0.05, 0) is 24.6 Å². The molecule has 0 bridgehead atoms. The van der Waals surface area contributed by atoms with E-state index in [2.05, 4.69) is 6.07 Å². The van der Waals surface area contributed by atoms with E-state index in [9.17, 15) is 4.21 Å². The average molecular weight is 245 g/mol. The number of para-hydroxylation sites is 1. The lowest BCUT2D eigenvalue weighted by atomic mass is 10.2. The Balaban J connectivity index is 2.20. The summed E-state index contributed by atoms with van der Waals surface area (Å²) in [6.07, 6.45) is 0. The number of aryl methyl sites for hydroxylation is 1. The van der Waals surface area contributed by atoms with Crippen LogP contribution in [0.4, 0.5) is 5.69 Å². The van der Waals surface area contributed by atoms with Crippen LogP contribution in [0.1, 0.15) is 11.1 Å². The quantitative estimate of drug-likeness (QED) is 0.845. The highest BCUT2D eigenvalue weighted by Crippen LogP contribution is 2.18. The Morgan fingerprint density at radius 1 is 1.12 bits per heavy atom. The number of rotatable bonds is 3. The van der Waals surface area contributed by atoms with Gasteiger partial charge < -0.3 is 5.73 Å². The fourth-order valence-corrected chi connectivity index (χ4v) is 2.92. The van der Waals surface area contributed by atoms with Crippen LogP contribution < -0.4 is 5.73 Å². The maximum absolute atomic E-state index is 12.2. The lowest BCUT2D eigenvalue weighted by Crippen LogP contribution is -2.00. The smallest absolute Gasteiger partial charge is 0.0620 e. The van der Waals surface area contributed by atoms with E-state index in [-0.39, 0.29) is 0 Å². The lowest BCUT2D eigenvalue weighted by Gasteiger charge is -2.06. The first-order chi connectivity index (χ1) is 8.16. The van der Waals surface area contributed by atoms with Gasteiger partial charge in [-0.2, -0.15) is 0 Å². The van der Waals surface area contributed by atoms with Gasteiger partial charge in [-0.25, -0.2) is 0 Å². The Bertz CT molecular complexity index is 551. The third-order valence-corrected chi connectivity index (χ3v) is 4.00. The van der Waals surface area contributed by atoms with Crippen molar-refractivity contribution < 1.29 is 4.21 Å². The van der Waals surface area contributed by atoms with Crippen LogP contribution in [0.25, 0.3) is 0 Å². The molecule has 0 spiro atoms. The van der Waals surface area contributed by atoms with Crippen LogP contribution in [0.2, 0.25) is 0 Å². The fraction of sp³-hybridized carbons (Fsp3) is 0.143. The lowest BCUT2D eigenvalue weighted by molar-refractivity contribution is 0.683. The average Bonchev–Trinajstić information content (AvgIpc) is 2.29. The summed E-state index contributed by atoms with van der Waals surface area (Å²) in [5.41, 5.74) is 8.66. The van der Waals surface area contributed by atoms with Crippen molar-refractivity contribution in [2.24, 2.45) is 0 Å². The third kappa shape index (κ3) is 2.94. The van der Waals surface area contributed by atoms with E-state index < -0.39 is 10.8 Å². The number of hydrogen-bond acceptors (Lipinski definition) is 2. The van der Waals surface area contributed by atoms with Gasteiger partial charge in [0, 0.05) is 5.69 Å². The summed E-state index contributed by atoms with van der Waals surface area (Å²) in [5, 5.41) is 0. The van der Waals surface area contributed by atoms with Crippen LogP contribution in [-0.2, 0) is 16.6 Å². The number of nitrogen functional groups attached to an aromatic ring is 1. The summed E-state index contributed by atoms with van der Waals surface area (Å²) < 4.78 is 12.2. The summed E-state index contributed by atoms with van der Waals surface area (Å²) in [7, 11) is -1.08. The summed E-state index contributed by atoms with van der Waals surface area (Å²) in [5.74, 6) is 0.510. The van der Waals surface area contributed by atoms with Gasteiger partial charge in [-0.1, -0.05) is 42.0 Å². The Kier molecular flexibility index (Phi) is 3.59. The molecule has 2 N–H and O–H groups in total. The van der Waals surface area contributed by atoms with E-state index >= 15 is 0 Å². The molecule has 0 fully saturated rings. The highest BCUT2D eigenvalue weighted by Gasteiger charge is 2.08. The first kappa shape index (κ1) is 11.9. The molecule has 0 heterocycles. The number of benzene rings is 2. The zero-order valence-corrected chi connectivity index (χ0v) is 10.5. The first-order valence-electron chi connectivity index (χ1n) is 5.45. The molecule has 2 aromatic carbocycles. The predicted octanol–water partition coefficient (Wildman–Crippen LogP) is 2.89. The molecule has 0 aromatic heterocycles. The molecule has 88 valence electrons. The minimum atomic E-state index is -1.08. The standard InChI is InChI=1S/C14H15NOS/c1-11-5-4-6-12(9-11)10-17(16)14-8-3-2-7-13(14)15/h2-9H,10,15H2,1H3. The van der Waals surface area contributed by atoms with Crippen molar-refractivity contribution in [3.63, 3.8) is 0 Å². The largest absolute Gasteiger partial charge is 0.398 e. The number of anilines is 1. The van der Waals surface area contributed by atoms with Gasteiger partial charge in [-0.15, -0.1) is 0 Å². The maximum Gasteiger partial charge on any atom is 0.0620 e. The van der Waals surface area contributed by atoms with E-state index in [1.54, 1.807) is 6.07 Å². The van der Waals surface area contributed by atoms with E-state index in [1.807, 2.05) is 43.3 Å². The minimum Gasteiger partial charge on any atom is -0.398 e. The Morgan fingerprint density at radius 3 is 2.59 bits per heavy atom. The maximum atomic E-state index is 12.2. The van der Waals surface area contributed by atoms with Crippen LogP contribution in [-0.4, -0.2) is 4.21 Å². The molecule has 2 nitrogen and oxygen atoms in total. The van der Waals surface area contributed by atoms with Crippen LogP contribution in [0.5, 0.6) is 0 Å². The van der Waals surface area contributed by atoms with Gasteiger partial charge in [0.15, 0.2) is 0 Å². The molecule has 17 heavy (non-hydrogen) atoms. The Labute approximate surface area is 104 Å². The van der Waals surface area contributed by atoms with Crippen LogP contribution in [0.15, 0.2) is 53.4 Å². The van der Waals surface area contributed by atoms with E-state index in [0.717, 1.165) is 5.56 Å². The van der Waals surface area contributed by atoms with E-state index in [1.165, 1.54) is 5.56 Å². The van der Waals surface area contributed by atoms with Crippen molar-refractivity contribution in [1.82, 2.24) is 0 Å². The summed E-state index contributed by atoms with van der Waals surface area (Å²) in [4.78, 5) is 0.717. The van der Waals surface area contributed by atoms with Crippen molar-refractivity contribution in [3.8, 4) is 0 Å². The van der Waals surface area contributed by atoms with Gasteiger partial charge in [0.05, 0.1) is 21.4 Å². The van der Waals surface area contributed by atoms with Crippen molar-refractivity contribution in [2.45, 2.75) is 17.6 Å². The van der Waals surface area contributed by atoms with E-state index in [4.69, 9.17) is 5.73 Å². The summed E-state index contributed by atoms with van der Waals surface area (Å²) in [6.45, 7) is 2.03. The van der Waals surface area contributed by atoms with Crippen molar-refractivity contribution in [2.75, 3.05) is 5.73 Å². The molecule has 1 unspecified atom stereocenters. The molecule has 1 atom stereocenters. The molecule has 0 aliphatic rings. The monoisotopic (exact) mass is 245 g/mol. The second-order valence-electron chi connectivity index (χ2n) is 4.02.